The molecule has 1 aromatic heterocycles. The zero-order valence-corrected chi connectivity index (χ0v) is 22.3. The van der Waals surface area contributed by atoms with E-state index in [0.29, 0.717) is 38.0 Å². The number of hydrogen-bond acceptors (Lipinski definition) is 5. The summed E-state index contributed by atoms with van der Waals surface area (Å²) in [6.07, 6.45) is 0. The van der Waals surface area contributed by atoms with Crippen molar-refractivity contribution in [3.05, 3.63) is 105 Å². The third kappa shape index (κ3) is 6.65. The Morgan fingerprint density at radius 3 is 2.43 bits per heavy atom. The highest BCUT2D eigenvalue weighted by Gasteiger charge is 2.25. The maximum absolute atomic E-state index is 12.9. The maximum atomic E-state index is 12.9. The predicted molar refractivity (Wildman–Crippen MR) is 143 cm³/mol. The number of nitrogens with zero attached hydrogens (tertiary/aromatic N) is 3. The molecule has 10 heteroatoms. The van der Waals surface area contributed by atoms with Crippen molar-refractivity contribution in [3.63, 3.8) is 0 Å². The first-order chi connectivity index (χ1) is 16.7. The lowest BCUT2D eigenvalue weighted by Crippen LogP contribution is -2.30. The molecule has 1 unspecified atom stereocenters. The Balaban J connectivity index is 1.65. The average Bonchev–Trinajstić information content (AvgIpc) is 3.22. The minimum absolute atomic E-state index is 0.136. The molecule has 0 saturated carbocycles. The normalized spacial score (nSPS) is 12.6. The molecule has 0 saturated heterocycles. The second-order valence-electron chi connectivity index (χ2n) is 8.13. The largest absolute Gasteiger partial charge is 0.271 e. The van der Waals surface area contributed by atoms with Crippen molar-refractivity contribution in [2.75, 3.05) is 0 Å². The smallest absolute Gasteiger partial charge is 0.216 e. The lowest BCUT2D eigenvalue weighted by Gasteiger charge is -2.17. The fourth-order valence-electron chi connectivity index (χ4n) is 3.65. The van der Waals surface area contributed by atoms with Gasteiger partial charge < -0.3 is 0 Å². The molecular weight excluding hydrogens is 523 g/mol. The molecule has 0 aliphatic heterocycles. The number of benzene rings is 3. The van der Waals surface area contributed by atoms with E-state index >= 15 is 0 Å². The van der Waals surface area contributed by atoms with Crippen LogP contribution in [-0.4, -0.2) is 23.2 Å². The number of aryl methyl sites for hydroxylation is 1. The van der Waals surface area contributed by atoms with Gasteiger partial charge in [0, 0.05) is 10.8 Å². The standard InChI is InChI=1S/C25H24Cl2N4O2S2/c1-17-7-6-10-20(13-17)15-34-25-29-28-24(31(25)23-12-11-21(26)14-22(23)27)18(2)30-35(32,33)16-19-8-4-3-5-9-19/h3-14,18,30H,15-16H2,1-2H3. The van der Waals surface area contributed by atoms with E-state index in [2.05, 4.69) is 27.1 Å². The molecule has 1 atom stereocenters. The van der Waals surface area contributed by atoms with Crippen LogP contribution < -0.4 is 4.72 Å². The minimum Gasteiger partial charge on any atom is -0.271 e. The number of sulfonamides is 1. The molecule has 0 fully saturated rings. The Morgan fingerprint density at radius 2 is 1.71 bits per heavy atom. The summed E-state index contributed by atoms with van der Waals surface area (Å²) in [6, 6.07) is 21.7. The quantitative estimate of drug-likeness (QED) is 0.247. The van der Waals surface area contributed by atoms with Crippen LogP contribution in [0.25, 0.3) is 5.69 Å². The van der Waals surface area contributed by atoms with Crippen molar-refractivity contribution in [3.8, 4) is 5.69 Å². The molecule has 35 heavy (non-hydrogen) atoms. The summed E-state index contributed by atoms with van der Waals surface area (Å²) in [4.78, 5) is 0. The molecule has 4 rings (SSSR count). The van der Waals surface area contributed by atoms with E-state index in [-0.39, 0.29) is 5.75 Å². The van der Waals surface area contributed by atoms with Crippen LogP contribution in [0.2, 0.25) is 10.0 Å². The number of hydrogen-bond donors (Lipinski definition) is 1. The van der Waals surface area contributed by atoms with Crippen LogP contribution in [0.4, 0.5) is 0 Å². The molecule has 0 aliphatic carbocycles. The molecule has 6 nitrogen and oxygen atoms in total. The van der Waals surface area contributed by atoms with Gasteiger partial charge in [0.2, 0.25) is 10.0 Å². The van der Waals surface area contributed by atoms with Crippen LogP contribution >= 0.6 is 35.0 Å². The Morgan fingerprint density at radius 1 is 0.971 bits per heavy atom. The van der Waals surface area contributed by atoms with Gasteiger partial charge >= 0.3 is 0 Å². The Labute approximate surface area is 219 Å². The number of rotatable bonds is 9. The van der Waals surface area contributed by atoms with Gasteiger partial charge in [-0.1, -0.05) is 95.1 Å². The summed E-state index contributed by atoms with van der Waals surface area (Å²) in [7, 11) is -3.64. The summed E-state index contributed by atoms with van der Waals surface area (Å²) in [5.41, 5.74) is 3.64. The fourth-order valence-corrected chi connectivity index (χ4v) is 6.40. The fraction of sp³-hybridized carbons (Fsp3) is 0.200. The van der Waals surface area contributed by atoms with Gasteiger partial charge in [0.15, 0.2) is 11.0 Å². The first-order valence-electron chi connectivity index (χ1n) is 10.8. The van der Waals surface area contributed by atoms with Gasteiger partial charge in [0.05, 0.1) is 22.5 Å². The second kappa shape index (κ2) is 11.1. The molecule has 3 aromatic carbocycles. The molecule has 0 radical (unpaired) electrons. The number of thioether (sulfide) groups is 1. The van der Waals surface area contributed by atoms with Crippen LogP contribution in [0.5, 0.6) is 0 Å². The van der Waals surface area contributed by atoms with Crippen molar-refractivity contribution in [1.29, 1.82) is 0 Å². The molecule has 0 spiro atoms. The molecule has 1 N–H and O–H groups in total. The highest BCUT2D eigenvalue weighted by atomic mass is 35.5. The SMILES string of the molecule is Cc1cccc(CSc2nnc(C(C)NS(=O)(=O)Cc3ccccc3)n2-c2ccc(Cl)cc2Cl)c1. The van der Waals surface area contributed by atoms with Gasteiger partial charge in [-0.05, 0) is 43.2 Å². The van der Waals surface area contributed by atoms with E-state index in [9.17, 15) is 8.42 Å². The van der Waals surface area contributed by atoms with Crippen LogP contribution in [0.1, 0.15) is 35.5 Å². The van der Waals surface area contributed by atoms with E-state index in [0.717, 1.165) is 5.56 Å². The third-order valence-electron chi connectivity index (χ3n) is 5.20. The summed E-state index contributed by atoms with van der Waals surface area (Å²) in [6.45, 7) is 3.79. The minimum atomic E-state index is -3.64. The van der Waals surface area contributed by atoms with E-state index in [1.54, 1.807) is 41.8 Å². The van der Waals surface area contributed by atoms with Crippen LogP contribution in [0.3, 0.4) is 0 Å². The van der Waals surface area contributed by atoms with Gasteiger partial charge in [-0.25, -0.2) is 13.1 Å². The van der Waals surface area contributed by atoms with Crippen LogP contribution in [-0.2, 0) is 21.5 Å². The maximum Gasteiger partial charge on any atom is 0.216 e. The zero-order chi connectivity index (χ0) is 25.0. The lowest BCUT2D eigenvalue weighted by atomic mass is 10.2. The predicted octanol–water partition coefficient (Wildman–Crippen LogP) is 6.36. The Kier molecular flexibility index (Phi) is 8.19. The van der Waals surface area contributed by atoms with Gasteiger partial charge in [0.1, 0.15) is 0 Å². The highest BCUT2D eigenvalue weighted by molar-refractivity contribution is 7.98. The van der Waals surface area contributed by atoms with Crippen LogP contribution in [0.15, 0.2) is 78.0 Å². The van der Waals surface area contributed by atoms with Gasteiger partial charge in [-0.2, -0.15) is 0 Å². The Bertz CT molecular complexity index is 1430. The number of aromatic nitrogens is 3. The molecular formula is C25H24Cl2N4O2S2. The zero-order valence-electron chi connectivity index (χ0n) is 19.2. The monoisotopic (exact) mass is 546 g/mol. The highest BCUT2D eigenvalue weighted by Crippen LogP contribution is 2.32. The number of halogens is 2. The van der Waals surface area contributed by atoms with E-state index < -0.39 is 16.1 Å². The third-order valence-corrected chi connectivity index (χ3v) is 8.17. The van der Waals surface area contributed by atoms with Gasteiger partial charge in [-0.3, -0.25) is 4.57 Å². The average molecular weight is 548 g/mol. The molecule has 0 bridgehead atoms. The lowest BCUT2D eigenvalue weighted by molar-refractivity contribution is 0.555. The van der Waals surface area contributed by atoms with Crippen molar-refractivity contribution in [2.24, 2.45) is 0 Å². The second-order valence-corrected chi connectivity index (χ2v) is 11.7. The van der Waals surface area contributed by atoms with Crippen molar-refractivity contribution >= 4 is 45.0 Å². The van der Waals surface area contributed by atoms with E-state index in [4.69, 9.17) is 23.2 Å². The summed E-state index contributed by atoms with van der Waals surface area (Å²) in [5, 5.41) is 10.2. The summed E-state index contributed by atoms with van der Waals surface area (Å²) >= 11 is 14.2. The first kappa shape index (κ1) is 25.7. The van der Waals surface area contributed by atoms with E-state index in [1.807, 2.05) is 37.3 Å². The topological polar surface area (TPSA) is 76.9 Å². The van der Waals surface area contributed by atoms with Gasteiger partial charge in [0.25, 0.3) is 0 Å². The first-order valence-corrected chi connectivity index (χ1v) is 14.2. The molecule has 0 aliphatic rings. The van der Waals surface area contributed by atoms with Gasteiger partial charge in [-0.15, -0.1) is 10.2 Å². The Hall–Kier alpha value is -2.36. The van der Waals surface area contributed by atoms with Crippen molar-refractivity contribution < 1.29 is 8.42 Å². The van der Waals surface area contributed by atoms with Crippen LogP contribution in [0, 0.1) is 6.92 Å². The molecule has 0 amide bonds. The van der Waals surface area contributed by atoms with Crippen molar-refractivity contribution in [1.82, 2.24) is 19.5 Å². The molecule has 182 valence electrons. The molecule has 1 heterocycles. The van der Waals surface area contributed by atoms with Crippen molar-refractivity contribution in [2.45, 2.75) is 36.6 Å². The molecule has 4 aromatic rings. The van der Waals surface area contributed by atoms with E-state index in [1.165, 1.54) is 17.3 Å². The summed E-state index contributed by atoms with van der Waals surface area (Å²) < 4.78 is 30.3. The number of nitrogens with one attached hydrogen (secondary N) is 1. The summed E-state index contributed by atoms with van der Waals surface area (Å²) in [5.74, 6) is 0.958.